The van der Waals surface area contributed by atoms with Gasteiger partial charge in [-0.2, -0.15) is 5.10 Å². The molecule has 2 N–H and O–H groups in total. The molecular formula is C18H29N7S. The predicted octanol–water partition coefficient (Wildman–Crippen LogP) is 2.20. The van der Waals surface area contributed by atoms with Gasteiger partial charge in [0.1, 0.15) is 5.82 Å². The molecule has 1 aliphatic rings. The number of aryl methyl sites for hydroxylation is 3. The molecule has 0 amide bonds. The molecule has 2 aromatic rings. The number of nitrogens with one attached hydrogen (secondary N) is 2. The average molecular weight is 376 g/mol. The molecule has 1 unspecified atom stereocenters. The van der Waals surface area contributed by atoms with E-state index in [1.54, 1.807) is 11.3 Å². The van der Waals surface area contributed by atoms with Crippen LogP contribution < -0.4 is 10.6 Å². The normalized spacial score (nSPS) is 17.5. The highest BCUT2D eigenvalue weighted by molar-refractivity contribution is 7.11. The Morgan fingerprint density at radius 1 is 1.35 bits per heavy atom. The lowest BCUT2D eigenvalue weighted by Crippen LogP contribution is -2.47. The standard InChI is InChI=1S/C18H29N7S/c1-11(2)17-23-16-7-6-14(10-25(16)24-17)22-18(19-5)20-9-8-15-12(3)21-13(4)26-15/h11,14H,6-10H2,1-5H3,(H2,19,20,22). The third kappa shape index (κ3) is 4.41. The minimum Gasteiger partial charge on any atom is -0.356 e. The molecule has 7 nitrogen and oxygen atoms in total. The fourth-order valence-electron chi connectivity index (χ4n) is 3.18. The zero-order chi connectivity index (χ0) is 18.7. The van der Waals surface area contributed by atoms with E-state index in [-0.39, 0.29) is 0 Å². The molecule has 3 rings (SSSR count). The number of fused-ring (bicyclic) bond motifs is 1. The SMILES string of the molecule is CN=C(NCCc1sc(C)nc1C)NC1CCc2nc(C(C)C)nn2C1. The first-order chi connectivity index (χ1) is 12.5. The minimum absolute atomic E-state index is 0.322. The Bertz CT molecular complexity index is 775. The van der Waals surface area contributed by atoms with Gasteiger partial charge >= 0.3 is 0 Å². The third-order valence-corrected chi connectivity index (χ3v) is 5.73. The molecule has 0 fully saturated rings. The molecule has 1 aliphatic heterocycles. The topological polar surface area (TPSA) is 80.0 Å². The van der Waals surface area contributed by atoms with Gasteiger partial charge in [-0.1, -0.05) is 13.8 Å². The van der Waals surface area contributed by atoms with Crippen molar-refractivity contribution in [1.29, 1.82) is 0 Å². The Labute approximate surface area is 159 Å². The minimum atomic E-state index is 0.322. The van der Waals surface area contributed by atoms with Gasteiger partial charge in [0.2, 0.25) is 0 Å². The van der Waals surface area contributed by atoms with E-state index in [9.17, 15) is 0 Å². The smallest absolute Gasteiger partial charge is 0.191 e. The van der Waals surface area contributed by atoms with Crippen molar-refractivity contribution in [3.63, 3.8) is 0 Å². The van der Waals surface area contributed by atoms with Gasteiger partial charge in [-0.25, -0.2) is 14.6 Å². The molecule has 0 aliphatic carbocycles. The fraction of sp³-hybridized carbons (Fsp3) is 0.667. The lowest BCUT2D eigenvalue weighted by Gasteiger charge is -2.25. The second-order valence-corrected chi connectivity index (χ2v) is 8.38. The molecule has 3 heterocycles. The first-order valence-corrected chi connectivity index (χ1v) is 10.1. The van der Waals surface area contributed by atoms with Crippen LogP contribution in [0.4, 0.5) is 0 Å². The summed E-state index contributed by atoms with van der Waals surface area (Å²) in [5, 5.41) is 12.7. The maximum atomic E-state index is 4.65. The number of hydrogen-bond acceptors (Lipinski definition) is 5. The van der Waals surface area contributed by atoms with Gasteiger partial charge in [0.25, 0.3) is 0 Å². The highest BCUT2D eigenvalue weighted by Gasteiger charge is 2.23. The van der Waals surface area contributed by atoms with Crippen LogP contribution in [0.1, 0.15) is 53.4 Å². The average Bonchev–Trinajstić information content (AvgIpc) is 3.16. The number of aromatic nitrogens is 4. The van der Waals surface area contributed by atoms with Crippen LogP contribution in [0.3, 0.4) is 0 Å². The van der Waals surface area contributed by atoms with Crippen molar-refractivity contribution < 1.29 is 0 Å². The Morgan fingerprint density at radius 3 is 2.81 bits per heavy atom. The first-order valence-electron chi connectivity index (χ1n) is 9.30. The van der Waals surface area contributed by atoms with E-state index >= 15 is 0 Å². The van der Waals surface area contributed by atoms with Crippen molar-refractivity contribution in [3.8, 4) is 0 Å². The van der Waals surface area contributed by atoms with Crippen LogP contribution in [0.15, 0.2) is 4.99 Å². The molecular weight excluding hydrogens is 346 g/mol. The summed E-state index contributed by atoms with van der Waals surface area (Å²) in [6.45, 7) is 10.1. The highest BCUT2D eigenvalue weighted by atomic mass is 32.1. The highest BCUT2D eigenvalue weighted by Crippen LogP contribution is 2.18. The number of hydrogen-bond donors (Lipinski definition) is 2. The second kappa shape index (κ2) is 8.16. The Hall–Kier alpha value is -1.96. The van der Waals surface area contributed by atoms with E-state index in [4.69, 9.17) is 0 Å². The first kappa shape index (κ1) is 18.8. The van der Waals surface area contributed by atoms with Crippen molar-refractivity contribution in [2.75, 3.05) is 13.6 Å². The molecule has 0 saturated heterocycles. The van der Waals surface area contributed by atoms with Crippen LogP contribution in [0.25, 0.3) is 0 Å². The maximum absolute atomic E-state index is 4.65. The van der Waals surface area contributed by atoms with Crippen LogP contribution in [-0.4, -0.2) is 45.3 Å². The molecule has 26 heavy (non-hydrogen) atoms. The summed E-state index contributed by atoms with van der Waals surface area (Å²) in [6.07, 6.45) is 2.96. The van der Waals surface area contributed by atoms with Gasteiger partial charge in [-0.05, 0) is 20.3 Å². The summed E-state index contributed by atoms with van der Waals surface area (Å²) in [7, 11) is 1.82. The number of aliphatic imine (C=N–C) groups is 1. The molecule has 142 valence electrons. The van der Waals surface area contributed by atoms with Gasteiger partial charge in [0, 0.05) is 43.3 Å². The maximum Gasteiger partial charge on any atom is 0.191 e. The molecule has 0 spiro atoms. The summed E-state index contributed by atoms with van der Waals surface area (Å²) >= 11 is 1.78. The zero-order valence-electron chi connectivity index (χ0n) is 16.3. The Balaban J connectivity index is 1.51. The van der Waals surface area contributed by atoms with E-state index in [1.807, 2.05) is 11.7 Å². The largest absolute Gasteiger partial charge is 0.356 e. The predicted molar refractivity (Wildman–Crippen MR) is 106 cm³/mol. The van der Waals surface area contributed by atoms with E-state index in [0.29, 0.717) is 12.0 Å². The molecule has 0 aromatic carbocycles. The van der Waals surface area contributed by atoms with Crippen molar-refractivity contribution in [2.45, 2.75) is 65.5 Å². The van der Waals surface area contributed by atoms with Crippen molar-refractivity contribution in [3.05, 3.63) is 27.2 Å². The molecule has 0 radical (unpaired) electrons. The fourth-order valence-corrected chi connectivity index (χ4v) is 4.12. The van der Waals surface area contributed by atoms with Crippen LogP contribution >= 0.6 is 11.3 Å². The van der Waals surface area contributed by atoms with Crippen molar-refractivity contribution in [2.24, 2.45) is 4.99 Å². The van der Waals surface area contributed by atoms with Crippen LogP contribution in [0.5, 0.6) is 0 Å². The van der Waals surface area contributed by atoms with Gasteiger partial charge < -0.3 is 10.6 Å². The summed E-state index contributed by atoms with van der Waals surface area (Å²) in [4.78, 5) is 14.8. The molecule has 8 heteroatoms. The Kier molecular flexibility index (Phi) is 5.90. The summed E-state index contributed by atoms with van der Waals surface area (Å²) < 4.78 is 2.05. The van der Waals surface area contributed by atoms with Crippen molar-refractivity contribution in [1.82, 2.24) is 30.4 Å². The van der Waals surface area contributed by atoms with E-state index in [1.165, 1.54) is 4.88 Å². The number of nitrogens with zero attached hydrogens (tertiary/aromatic N) is 5. The number of guanidine groups is 1. The van der Waals surface area contributed by atoms with Gasteiger partial charge in [0.15, 0.2) is 11.8 Å². The third-order valence-electron chi connectivity index (χ3n) is 4.60. The molecule has 2 aromatic heterocycles. The number of thiazole rings is 1. The van der Waals surface area contributed by atoms with E-state index in [0.717, 1.165) is 60.7 Å². The summed E-state index contributed by atoms with van der Waals surface area (Å²) in [5.74, 6) is 3.26. The van der Waals surface area contributed by atoms with Crippen LogP contribution in [0, 0.1) is 13.8 Å². The van der Waals surface area contributed by atoms with E-state index in [2.05, 4.69) is 58.4 Å². The van der Waals surface area contributed by atoms with E-state index < -0.39 is 0 Å². The van der Waals surface area contributed by atoms with Crippen LogP contribution in [-0.2, 0) is 19.4 Å². The van der Waals surface area contributed by atoms with Gasteiger partial charge in [-0.3, -0.25) is 4.99 Å². The van der Waals surface area contributed by atoms with Gasteiger partial charge in [0.05, 0.1) is 17.2 Å². The zero-order valence-corrected chi connectivity index (χ0v) is 17.2. The molecule has 1 atom stereocenters. The molecule has 0 bridgehead atoms. The lowest BCUT2D eigenvalue weighted by molar-refractivity contribution is 0.391. The quantitative estimate of drug-likeness (QED) is 0.619. The summed E-state index contributed by atoms with van der Waals surface area (Å²) in [5.41, 5.74) is 1.14. The monoisotopic (exact) mass is 375 g/mol. The number of rotatable bonds is 5. The second-order valence-electron chi connectivity index (χ2n) is 7.09. The lowest BCUT2D eigenvalue weighted by atomic mass is 10.1. The molecule has 0 saturated carbocycles. The summed E-state index contributed by atoms with van der Waals surface area (Å²) in [6, 6.07) is 0.322. The Morgan fingerprint density at radius 2 is 2.15 bits per heavy atom. The van der Waals surface area contributed by atoms with Gasteiger partial charge in [-0.15, -0.1) is 11.3 Å². The van der Waals surface area contributed by atoms with Crippen LogP contribution in [0.2, 0.25) is 0 Å². The van der Waals surface area contributed by atoms with Crippen molar-refractivity contribution >= 4 is 17.3 Å².